The van der Waals surface area contributed by atoms with Crippen LogP contribution in [0.2, 0.25) is 26.3 Å². The largest absolute Gasteiger partial charge is 0.474 e. The summed E-state index contributed by atoms with van der Waals surface area (Å²) in [5.74, 6) is -6.68. The highest BCUT2D eigenvalue weighted by Crippen LogP contribution is 2.72. The van der Waals surface area contributed by atoms with E-state index in [1.165, 1.54) is 25.7 Å². The number of halogens is 9. The van der Waals surface area contributed by atoms with Crippen LogP contribution in [-0.2, 0) is 64.4 Å². The molecule has 4 saturated heterocycles. The lowest BCUT2D eigenvalue weighted by molar-refractivity contribution is -0.0336. The van der Waals surface area contributed by atoms with Crippen molar-refractivity contribution in [1.82, 2.24) is 39.9 Å². The van der Waals surface area contributed by atoms with Crippen molar-refractivity contribution in [2.45, 2.75) is 266 Å². The Hall–Kier alpha value is -5.03. The van der Waals surface area contributed by atoms with E-state index >= 15 is 0 Å². The second-order valence-electron chi connectivity index (χ2n) is 34.9. The van der Waals surface area contributed by atoms with E-state index in [9.17, 15) is 48.7 Å². The normalized spacial score (nSPS) is 26.0. The molecule has 31 nitrogen and oxygen atoms in total. The van der Waals surface area contributed by atoms with Crippen LogP contribution in [-0.4, -0.2) is 196 Å². The van der Waals surface area contributed by atoms with Crippen molar-refractivity contribution >= 4 is 173 Å². The third kappa shape index (κ3) is 30.1. The summed E-state index contributed by atoms with van der Waals surface area (Å²) in [5, 5.41) is 62.7. The van der Waals surface area contributed by atoms with Crippen LogP contribution < -0.4 is 14.2 Å². The van der Waals surface area contributed by atoms with Crippen LogP contribution in [0.4, 0.5) is 0 Å². The van der Waals surface area contributed by atoms with Gasteiger partial charge in [0.05, 0.1) is 95.2 Å². The maximum absolute atomic E-state index is 11.9. The van der Waals surface area contributed by atoms with E-state index in [2.05, 4.69) is 104 Å². The zero-order valence-corrected chi connectivity index (χ0v) is 85.1. The Kier molecular flexibility index (Phi) is 39.4. The predicted octanol–water partition coefficient (Wildman–Crippen LogP) is 21.8. The third-order valence-electron chi connectivity index (χ3n) is 24.9. The first-order valence-electron chi connectivity index (χ1n) is 45.2. The van der Waals surface area contributed by atoms with E-state index in [-0.39, 0.29) is 101 Å². The summed E-state index contributed by atoms with van der Waals surface area (Å²) < 4.78 is 104. The summed E-state index contributed by atoms with van der Waals surface area (Å²) in [7, 11) is -9.44. The van der Waals surface area contributed by atoms with Gasteiger partial charge in [-0.1, -0.05) is 137 Å². The summed E-state index contributed by atoms with van der Waals surface area (Å²) in [5.41, 5.74) is 7.97. The zero-order chi connectivity index (χ0) is 97.5. The molecule has 18 rings (SSSR count). The number of benzene rings is 6. The minimum absolute atomic E-state index is 0.0133. The van der Waals surface area contributed by atoms with E-state index in [4.69, 9.17) is 165 Å². The molecular formula is C92H111Cl9N8O23P4. The Morgan fingerprint density at radius 2 is 0.713 bits per heavy atom. The number of hydrogen-bond donors (Lipinski definition) is 9. The SMILES string of the molecule is CC[C@H]1O[C@@H](c2ccc3c(Cl)nc(Cl)nc3c2)[C@H](OCc2ccccc2)[C@@H]1C.CC[C@H]1O[C@@H](c2ccc3c(OC4CCCC4)nc(Cl)nc3c2)[C@H](OCc2ccccc2)[C@@H]1C.O=P(Cl)(Cl)CP(=O)(Cl)Cl.O=P(O)(O)CP(=O)(O)OC[C@H]1O[C@@H](c2ccc3c(OC4CCCC4)nc(Cl)nc3c2)[C@H](O)[C@@H]1O.OC1CCCC1.OC[C@H]1O[C@@H](c2ccc3c(OC4CCCC4)nc(Cl)nc3c2)[C@H](O)[C@@H]1O. The second-order valence-corrected chi connectivity index (χ2v) is 51.6. The number of aliphatic hydroxyl groups is 6. The standard InChI is InChI=1S/C27H31ClN2O3.C22H22Cl2N2O2.C19H25ClN2O10P2.C18H21ClN2O5.C5H10O.CH2Cl4O2P2/c1-3-23-17(2)24(31-16-18-9-5-4-6-10-18)25(33-23)19-13-14-21-22(15-19)29-27(28)30-26(21)32-20-11-7-8-12-20;1-3-18-13(2)19(27-12-14-7-5-4-6-8-14)20(28-18)15-9-10-16-17(11-15)25-22(24)26-21(16)23;20-19-21-13-7-10(5-6-12(13)18(22-19)31-11-3-1-2-4-11)17-16(24)15(23)14(32-17)8-30-34(28,29)9-33(25,26)27;19-18-20-12-7-9(16-15(24)14(23)13(8-22)26-16)5-6-11(12)17(21-18)25-10-3-1-2-4-10;6-5-3-1-2-4-5;2-8(3,6)1-9(4,5)7/h4-6,9-10,13-15,17,20,23-25H,3,7-8,11-12,16H2,1-2H3;4-11,13,18-20H,3,12H2,1-2H3;5-7,11,14-17,23-24H,1-4,8-9H2,(H,28,29)(H2,25,26,27);5-7,10,13-16,22-24H,1-4,8H2;5-6H,1-4H2;1H2/t17-,23-,24-,25+;13-,18-,19-,20+;14-,15-,16-,17+;13-,14-,15-,16+;;/m1111../s1. The number of aliphatic hydroxyl groups excluding tert-OH is 6. The van der Waals surface area contributed by atoms with E-state index in [0.29, 0.717) is 69.1 Å². The van der Waals surface area contributed by atoms with Crippen LogP contribution in [0.25, 0.3) is 43.6 Å². The fraction of sp³-hybridized carbons (Fsp3) is 0.522. The summed E-state index contributed by atoms with van der Waals surface area (Å²) in [4.78, 5) is 61.5. The molecule has 136 heavy (non-hydrogen) atoms. The molecule has 0 radical (unpaired) electrons. The van der Waals surface area contributed by atoms with Crippen LogP contribution in [0.3, 0.4) is 0 Å². The van der Waals surface area contributed by atoms with Crippen molar-refractivity contribution in [3.63, 3.8) is 0 Å². The molecule has 740 valence electrons. The van der Waals surface area contributed by atoms with Crippen molar-refractivity contribution in [2.24, 2.45) is 11.8 Å². The molecule has 4 saturated carbocycles. The molecule has 9 N–H and O–H groups in total. The Bertz CT molecular complexity index is 5830. The fourth-order valence-corrected chi connectivity index (χ4v) is 30.4. The number of nitrogens with zero attached hydrogens (tertiary/aromatic N) is 8. The van der Waals surface area contributed by atoms with Crippen LogP contribution in [0.1, 0.15) is 201 Å². The minimum atomic E-state index is -4.80. The lowest BCUT2D eigenvalue weighted by atomic mass is 9.93. The van der Waals surface area contributed by atoms with Crippen LogP contribution >= 0.6 is 130 Å². The van der Waals surface area contributed by atoms with Gasteiger partial charge in [0.2, 0.25) is 38.8 Å². The van der Waals surface area contributed by atoms with E-state index in [1.807, 2.05) is 60.7 Å². The van der Waals surface area contributed by atoms with Crippen molar-refractivity contribution in [2.75, 3.05) is 25.0 Å². The molecular weight excluding hydrogens is 2030 g/mol. The highest BCUT2D eigenvalue weighted by Gasteiger charge is 2.48. The molecule has 0 bridgehead atoms. The molecule has 1 unspecified atom stereocenters. The van der Waals surface area contributed by atoms with Crippen molar-refractivity contribution in [1.29, 1.82) is 0 Å². The maximum atomic E-state index is 11.9. The summed E-state index contributed by atoms with van der Waals surface area (Å²) in [6, 6.07) is 42.9. The number of aromatic nitrogens is 8. The summed E-state index contributed by atoms with van der Waals surface area (Å²) in [6.07, 6.45) is 10.7. The quantitative estimate of drug-likeness (QED) is 0.0138. The van der Waals surface area contributed by atoms with Crippen molar-refractivity contribution in [3.05, 3.63) is 193 Å². The molecule has 8 aliphatic rings. The molecule has 8 fully saturated rings. The molecule has 44 heteroatoms. The Labute approximate surface area is 831 Å². The molecule has 17 atom stereocenters. The Morgan fingerprint density at radius 1 is 0.390 bits per heavy atom. The second kappa shape index (κ2) is 49.5. The minimum Gasteiger partial charge on any atom is -0.474 e. The average molecular weight is 2140 g/mol. The summed E-state index contributed by atoms with van der Waals surface area (Å²) >= 11 is 50.6. The highest BCUT2D eigenvalue weighted by molar-refractivity contribution is 8.21. The highest BCUT2D eigenvalue weighted by atomic mass is 35.9. The fourth-order valence-electron chi connectivity index (χ4n) is 18.0. The molecule has 0 spiro atoms. The molecule has 0 amide bonds. The van der Waals surface area contributed by atoms with Gasteiger partial charge in [0.15, 0.2) is 5.90 Å². The monoisotopic (exact) mass is 2130 g/mol. The van der Waals surface area contributed by atoms with Gasteiger partial charge >= 0.3 is 15.2 Å². The van der Waals surface area contributed by atoms with Crippen LogP contribution in [0, 0.1) is 11.8 Å². The maximum Gasteiger partial charge on any atom is 0.340 e. The first-order valence-corrected chi connectivity index (χ1v) is 58.1. The number of fused-ring (bicyclic) bond motifs is 4. The van der Waals surface area contributed by atoms with Gasteiger partial charge in [0.1, 0.15) is 90.4 Å². The lowest BCUT2D eigenvalue weighted by Gasteiger charge is -2.22. The van der Waals surface area contributed by atoms with Gasteiger partial charge in [-0.3, -0.25) is 18.3 Å². The third-order valence-corrected chi connectivity index (χ3v) is 35.8. The van der Waals surface area contributed by atoms with E-state index in [0.717, 1.165) is 134 Å². The molecule has 10 aromatic rings. The lowest BCUT2D eigenvalue weighted by Crippen LogP contribution is -2.33. The van der Waals surface area contributed by atoms with Crippen LogP contribution in [0.5, 0.6) is 17.6 Å². The Morgan fingerprint density at radius 3 is 1.04 bits per heavy atom. The predicted molar refractivity (Wildman–Crippen MR) is 523 cm³/mol. The van der Waals surface area contributed by atoms with Gasteiger partial charge in [-0.05, 0) is 276 Å². The smallest absolute Gasteiger partial charge is 0.340 e. The average Bonchev–Trinajstić information content (AvgIpc) is 1.59. The summed E-state index contributed by atoms with van der Waals surface area (Å²) in [6.45, 7) is 8.81. The molecule has 8 heterocycles. The number of ether oxygens (including phenoxy) is 9. The molecule has 4 aliphatic carbocycles. The first kappa shape index (κ1) is 108. The molecule has 6 aromatic carbocycles. The van der Waals surface area contributed by atoms with Gasteiger partial charge < -0.3 is 92.5 Å². The zero-order valence-electron chi connectivity index (χ0n) is 74.7. The molecule has 4 aromatic heterocycles. The van der Waals surface area contributed by atoms with Gasteiger partial charge in [-0.25, -0.2) is 24.9 Å². The van der Waals surface area contributed by atoms with Gasteiger partial charge in [0, 0.05) is 17.2 Å². The van der Waals surface area contributed by atoms with E-state index in [1.54, 1.807) is 36.4 Å². The van der Waals surface area contributed by atoms with E-state index < -0.39 is 94.1 Å². The van der Waals surface area contributed by atoms with Crippen LogP contribution in [0.15, 0.2) is 133 Å². The first-order chi connectivity index (χ1) is 64.8. The van der Waals surface area contributed by atoms with Crippen molar-refractivity contribution in [3.8, 4) is 17.6 Å². The molecule has 4 aliphatic heterocycles. The topological polar surface area (TPSA) is 446 Å². The van der Waals surface area contributed by atoms with Gasteiger partial charge in [-0.15, -0.1) is 0 Å². The van der Waals surface area contributed by atoms with Crippen molar-refractivity contribution < 1.29 is 111 Å². The van der Waals surface area contributed by atoms with Gasteiger partial charge in [-0.2, -0.15) is 15.0 Å². The number of hydrogen-bond acceptors (Lipinski definition) is 28. The number of rotatable bonds is 26. The Balaban J connectivity index is 0.000000146. The van der Waals surface area contributed by atoms with Gasteiger partial charge in [0.25, 0.3) is 11.7 Å².